The van der Waals surface area contributed by atoms with Gasteiger partial charge in [-0.2, -0.15) is 0 Å². The minimum absolute atomic E-state index is 0.0475. The lowest BCUT2D eigenvalue weighted by atomic mass is 10.0. The van der Waals surface area contributed by atoms with E-state index >= 15 is 0 Å². The Kier molecular flexibility index (Phi) is 8.15. The van der Waals surface area contributed by atoms with Crippen LogP contribution in [0.4, 0.5) is 4.79 Å². The van der Waals surface area contributed by atoms with Gasteiger partial charge in [0, 0.05) is 18.0 Å². The smallest absolute Gasteiger partial charge is 0.339 e. The maximum Gasteiger partial charge on any atom is 0.339 e. The van der Waals surface area contributed by atoms with E-state index in [4.69, 9.17) is 9.47 Å². The number of carbonyl (C=O) groups is 4. The second kappa shape index (κ2) is 11.0. The van der Waals surface area contributed by atoms with Crippen LogP contribution in [0.2, 0.25) is 0 Å². The number of amides is 3. The van der Waals surface area contributed by atoms with Crippen molar-refractivity contribution < 1.29 is 28.7 Å². The van der Waals surface area contributed by atoms with Crippen molar-refractivity contribution in [3.63, 3.8) is 0 Å². The molecule has 1 saturated heterocycles. The number of urea groups is 1. The van der Waals surface area contributed by atoms with Gasteiger partial charge in [-0.05, 0) is 38.8 Å². The normalized spacial score (nSPS) is 18.1. The standard InChI is InChI=1S/C22H27N3O6S/c1-3-30-21(28)19-14(2)23-22(29)24-16(19)12-31-20(27)15-8-4-5-9-17(15)32-13-18(26)25-10-6-7-11-25/h4-5,8-9,14H,3,6-7,10-13H2,1-2H3,(H2,23,24,29)/t14-/m0/s1. The number of hydrogen-bond acceptors (Lipinski definition) is 7. The van der Waals surface area contributed by atoms with Crippen LogP contribution in [0.25, 0.3) is 0 Å². The highest BCUT2D eigenvalue weighted by molar-refractivity contribution is 8.00. The van der Waals surface area contributed by atoms with Crippen LogP contribution in [-0.2, 0) is 19.1 Å². The zero-order valence-electron chi connectivity index (χ0n) is 18.1. The lowest BCUT2D eigenvalue weighted by Crippen LogP contribution is -2.50. The van der Waals surface area contributed by atoms with Crippen LogP contribution in [0.5, 0.6) is 0 Å². The molecule has 0 spiro atoms. The van der Waals surface area contributed by atoms with Crippen molar-refractivity contribution in [3.05, 3.63) is 41.1 Å². The zero-order chi connectivity index (χ0) is 23.1. The third-order valence-corrected chi connectivity index (χ3v) is 6.19. The number of esters is 2. The Labute approximate surface area is 190 Å². The van der Waals surface area contributed by atoms with Gasteiger partial charge in [-0.3, -0.25) is 4.79 Å². The molecule has 0 unspecified atom stereocenters. The predicted octanol–water partition coefficient (Wildman–Crippen LogP) is 2.08. The van der Waals surface area contributed by atoms with Gasteiger partial charge >= 0.3 is 18.0 Å². The maximum atomic E-state index is 12.8. The highest BCUT2D eigenvalue weighted by atomic mass is 32.2. The third kappa shape index (κ3) is 5.82. The van der Waals surface area contributed by atoms with Crippen LogP contribution in [0.15, 0.2) is 40.4 Å². The number of likely N-dealkylation sites (tertiary alicyclic amines) is 1. The Morgan fingerprint density at radius 2 is 1.84 bits per heavy atom. The van der Waals surface area contributed by atoms with Crippen LogP contribution in [0.1, 0.15) is 37.0 Å². The molecule has 0 saturated carbocycles. The van der Waals surface area contributed by atoms with E-state index in [2.05, 4.69) is 10.6 Å². The van der Waals surface area contributed by atoms with Gasteiger partial charge in [-0.15, -0.1) is 11.8 Å². The Morgan fingerprint density at radius 1 is 1.12 bits per heavy atom. The van der Waals surface area contributed by atoms with Crippen LogP contribution in [0, 0.1) is 0 Å². The van der Waals surface area contributed by atoms with E-state index in [0.29, 0.717) is 10.5 Å². The van der Waals surface area contributed by atoms with E-state index < -0.39 is 24.0 Å². The van der Waals surface area contributed by atoms with E-state index in [1.807, 2.05) is 4.90 Å². The highest BCUT2D eigenvalue weighted by Gasteiger charge is 2.30. The average molecular weight is 462 g/mol. The summed E-state index contributed by atoms with van der Waals surface area (Å²) >= 11 is 1.29. The first kappa shape index (κ1) is 23.6. The first-order valence-electron chi connectivity index (χ1n) is 10.5. The highest BCUT2D eigenvalue weighted by Crippen LogP contribution is 2.25. The first-order valence-corrected chi connectivity index (χ1v) is 11.5. The molecule has 172 valence electrons. The summed E-state index contributed by atoms with van der Waals surface area (Å²) in [6.07, 6.45) is 2.04. The van der Waals surface area contributed by atoms with E-state index in [9.17, 15) is 19.2 Å². The van der Waals surface area contributed by atoms with Gasteiger partial charge in [0.25, 0.3) is 0 Å². The number of thioether (sulfide) groups is 1. The number of ether oxygens (including phenoxy) is 2. The maximum absolute atomic E-state index is 12.8. The van der Waals surface area contributed by atoms with E-state index in [1.54, 1.807) is 38.1 Å². The molecule has 1 aromatic rings. The number of rotatable bonds is 8. The Morgan fingerprint density at radius 3 is 2.56 bits per heavy atom. The molecule has 0 aliphatic carbocycles. The molecule has 2 aliphatic rings. The van der Waals surface area contributed by atoms with Gasteiger partial charge in [0.05, 0.1) is 35.2 Å². The molecule has 1 fully saturated rings. The molecule has 2 N–H and O–H groups in total. The monoisotopic (exact) mass is 461 g/mol. The Bertz CT molecular complexity index is 926. The molecule has 2 aliphatic heterocycles. The molecule has 1 atom stereocenters. The molecule has 3 rings (SSSR count). The van der Waals surface area contributed by atoms with Crippen molar-refractivity contribution in [2.45, 2.75) is 37.6 Å². The van der Waals surface area contributed by atoms with Gasteiger partial charge in [-0.25, -0.2) is 14.4 Å². The minimum Gasteiger partial charge on any atom is -0.463 e. The molecular formula is C22H27N3O6S. The van der Waals surface area contributed by atoms with E-state index in [1.165, 1.54) is 11.8 Å². The third-order valence-electron chi connectivity index (χ3n) is 5.13. The van der Waals surface area contributed by atoms with Crippen molar-refractivity contribution in [2.75, 3.05) is 32.1 Å². The molecule has 10 heteroatoms. The zero-order valence-corrected chi connectivity index (χ0v) is 19.0. The molecular weight excluding hydrogens is 434 g/mol. The lowest BCUT2D eigenvalue weighted by Gasteiger charge is -2.26. The summed E-state index contributed by atoms with van der Waals surface area (Å²) in [6, 6.07) is 5.80. The number of carbonyl (C=O) groups excluding carboxylic acids is 4. The minimum atomic E-state index is -0.613. The fraction of sp³-hybridized carbons (Fsp3) is 0.455. The van der Waals surface area contributed by atoms with Gasteiger partial charge in [-0.1, -0.05) is 12.1 Å². The first-order chi connectivity index (χ1) is 15.4. The number of nitrogens with one attached hydrogen (secondary N) is 2. The van der Waals surface area contributed by atoms with Crippen molar-refractivity contribution in [1.29, 1.82) is 0 Å². The largest absolute Gasteiger partial charge is 0.463 e. The quantitative estimate of drug-likeness (QED) is 0.450. The molecule has 3 amide bonds. The molecule has 0 radical (unpaired) electrons. The summed E-state index contributed by atoms with van der Waals surface area (Å²) in [7, 11) is 0. The van der Waals surface area contributed by atoms with Gasteiger partial charge < -0.3 is 25.0 Å². The summed E-state index contributed by atoms with van der Waals surface area (Å²) < 4.78 is 10.5. The molecule has 0 bridgehead atoms. The van der Waals surface area contributed by atoms with Crippen molar-refractivity contribution >= 4 is 35.6 Å². The van der Waals surface area contributed by atoms with Crippen molar-refractivity contribution in [1.82, 2.24) is 15.5 Å². The van der Waals surface area contributed by atoms with Crippen LogP contribution >= 0.6 is 11.8 Å². The van der Waals surface area contributed by atoms with Crippen molar-refractivity contribution in [2.24, 2.45) is 0 Å². The SMILES string of the molecule is CCOC(=O)C1=C(COC(=O)c2ccccc2SCC(=O)N2CCCC2)NC(=O)N[C@H]1C. The molecule has 32 heavy (non-hydrogen) atoms. The number of nitrogens with zero attached hydrogens (tertiary/aromatic N) is 1. The average Bonchev–Trinajstić information content (AvgIpc) is 3.31. The number of benzene rings is 1. The summed E-state index contributed by atoms with van der Waals surface area (Å²) in [5.74, 6) is -0.916. The van der Waals surface area contributed by atoms with E-state index in [0.717, 1.165) is 25.9 Å². The van der Waals surface area contributed by atoms with Crippen molar-refractivity contribution in [3.8, 4) is 0 Å². The van der Waals surface area contributed by atoms with Crippen LogP contribution < -0.4 is 10.6 Å². The van der Waals surface area contributed by atoms with E-state index in [-0.39, 0.29) is 36.1 Å². The van der Waals surface area contributed by atoms with Gasteiger partial charge in [0.15, 0.2) is 0 Å². The number of hydrogen-bond donors (Lipinski definition) is 2. The van der Waals surface area contributed by atoms with Gasteiger partial charge in [0.2, 0.25) is 5.91 Å². The van der Waals surface area contributed by atoms with Gasteiger partial charge in [0.1, 0.15) is 6.61 Å². The molecule has 9 nitrogen and oxygen atoms in total. The van der Waals surface area contributed by atoms with Crippen LogP contribution in [0.3, 0.4) is 0 Å². The lowest BCUT2D eigenvalue weighted by molar-refractivity contribution is -0.139. The predicted molar refractivity (Wildman–Crippen MR) is 118 cm³/mol. The Balaban J connectivity index is 1.68. The summed E-state index contributed by atoms with van der Waals surface area (Å²) in [4.78, 5) is 51.7. The topological polar surface area (TPSA) is 114 Å². The molecule has 0 aromatic heterocycles. The summed E-state index contributed by atoms with van der Waals surface area (Å²) in [5.41, 5.74) is 0.707. The van der Waals surface area contributed by atoms with Crippen LogP contribution in [-0.4, -0.2) is 66.9 Å². The second-order valence-corrected chi connectivity index (χ2v) is 8.40. The fourth-order valence-corrected chi connectivity index (χ4v) is 4.51. The summed E-state index contributed by atoms with van der Waals surface area (Å²) in [6.45, 7) is 4.77. The fourth-order valence-electron chi connectivity index (χ4n) is 3.57. The molecule has 1 aromatic carbocycles. The molecule has 2 heterocycles. The Hall–Kier alpha value is -3.01. The second-order valence-electron chi connectivity index (χ2n) is 7.38. The summed E-state index contributed by atoms with van der Waals surface area (Å²) in [5, 5.41) is 5.11.